The van der Waals surface area contributed by atoms with Gasteiger partial charge in [-0.25, -0.2) is 0 Å². The van der Waals surface area contributed by atoms with Crippen molar-refractivity contribution in [2.45, 2.75) is 74.3 Å². The van der Waals surface area contributed by atoms with Crippen molar-refractivity contribution in [2.75, 3.05) is 26.8 Å². The van der Waals surface area contributed by atoms with Crippen LogP contribution in [0.1, 0.15) is 68.2 Å². The second-order valence-electron chi connectivity index (χ2n) is 11.6. The fourth-order valence-corrected chi connectivity index (χ4v) is 5.04. The Labute approximate surface area is 225 Å². The number of allylic oxidation sites excluding steroid dienone is 2. The minimum absolute atomic E-state index is 0.0572. The minimum atomic E-state index is 0.0572. The van der Waals surface area contributed by atoms with Gasteiger partial charge < -0.3 is 19.3 Å². The zero-order chi connectivity index (χ0) is 27.5. The minimum Gasteiger partial charge on any atom is -0.494 e. The summed E-state index contributed by atoms with van der Waals surface area (Å²) < 4.78 is 12.2. The van der Waals surface area contributed by atoms with Crippen molar-refractivity contribution in [3.8, 4) is 5.75 Å². The molecule has 0 spiro atoms. The molecule has 2 aliphatic heterocycles. The fraction of sp³-hybridized carbons (Fsp3) is 0.515. The van der Waals surface area contributed by atoms with Crippen LogP contribution in [-0.4, -0.2) is 42.6 Å². The van der Waals surface area contributed by atoms with E-state index in [2.05, 4.69) is 109 Å². The first-order valence-corrected chi connectivity index (χ1v) is 13.8. The number of rotatable bonds is 8. The van der Waals surface area contributed by atoms with Crippen LogP contribution in [-0.2, 0) is 4.74 Å². The summed E-state index contributed by atoms with van der Waals surface area (Å²) in [5, 5.41) is 2.42. The summed E-state index contributed by atoms with van der Waals surface area (Å²) in [5.74, 6) is 2.16. The van der Waals surface area contributed by atoms with Crippen molar-refractivity contribution in [1.29, 1.82) is 0 Å². The quantitative estimate of drug-likeness (QED) is 0.385. The van der Waals surface area contributed by atoms with Gasteiger partial charge in [0.1, 0.15) is 11.5 Å². The SMILES string of the molecule is C=C1C=C2/C(=c3\cccc(OCC(C)CC)c3=C(C)CC)N(C)CC(C(C)(C)C)N2C=C1C(=C)OCC. The monoisotopic (exact) mass is 504 g/mol. The number of ether oxygens (including phenoxy) is 2. The first-order valence-electron chi connectivity index (χ1n) is 13.8. The summed E-state index contributed by atoms with van der Waals surface area (Å²) in [6, 6.07) is 6.77. The predicted molar refractivity (Wildman–Crippen MR) is 157 cm³/mol. The van der Waals surface area contributed by atoms with Crippen LogP contribution >= 0.6 is 0 Å². The molecule has 0 saturated carbocycles. The molecule has 1 aromatic rings. The molecule has 3 rings (SSSR count). The number of hydrogen-bond acceptors (Lipinski definition) is 4. The Balaban J connectivity index is 2.32. The van der Waals surface area contributed by atoms with Crippen LogP contribution in [0, 0.1) is 11.3 Å². The lowest BCUT2D eigenvalue weighted by Crippen LogP contribution is -2.55. The van der Waals surface area contributed by atoms with Crippen LogP contribution in [0.5, 0.6) is 5.75 Å². The molecule has 0 amide bonds. The number of piperazine rings is 1. The van der Waals surface area contributed by atoms with Gasteiger partial charge in [-0.2, -0.15) is 0 Å². The van der Waals surface area contributed by atoms with Crippen molar-refractivity contribution >= 4 is 11.3 Å². The van der Waals surface area contributed by atoms with Crippen LogP contribution in [0.4, 0.5) is 0 Å². The highest BCUT2D eigenvalue weighted by atomic mass is 16.5. The fourth-order valence-electron chi connectivity index (χ4n) is 5.04. The highest BCUT2D eigenvalue weighted by Crippen LogP contribution is 2.41. The van der Waals surface area contributed by atoms with Gasteiger partial charge in [0, 0.05) is 35.8 Å². The third-order valence-corrected chi connectivity index (χ3v) is 7.69. The van der Waals surface area contributed by atoms with Crippen LogP contribution in [0.2, 0.25) is 0 Å². The van der Waals surface area contributed by atoms with Crippen molar-refractivity contribution in [2.24, 2.45) is 11.3 Å². The van der Waals surface area contributed by atoms with Gasteiger partial charge in [-0.3, -0.25) is 0 Å². The maximum Gasteiger partial charge on any atom is 0.127 e. The summed E-state index contributed by atoms with van der Waals surface area (Å²) in [6.45, 7) is 28.6. The van der Waals surface area contributed by atoms with E-state index in [1.165, 1.54) is 21.7 Å². The first kappa shape index (κ1) is 28.7. The van der Waals surface area contributed by atoms with E-state index in [0.29, 0.717) is 18.3 Å². The summed E-state index contributed by atoms with van der Waals surface area (Å²) in [6.07, 6.45) is 6.48. The molecular formula is C33H48N2O2. The van der Waals surface area contributed by atoms with Crippen LogP contribution in [0.3, 0.4) is 0 Å². The van der Waals surface area contributed by atoms with E-state index in [1.807, 2.05) is 6.92 Å². The number of fused-ring (bicyclic) bond motifs is 1. The lowest BCUT2D eigenvalue weighted by atomic mass is 9.82. The Morgan fingerprint density at radius 3 is 2.49 bits per heavy atom. The number of benzene rings is 1. The van der Waals surface area contributed by atoms with Crippen LogP contribution in [0.25, 0.3) is 11.3 Å². The molecule has 2 unspecified atom stereocenters. The zero-order valence-corrected chi connectivity index (χ0v) is 24.7. The van der Waals surface area contributed by atoms with E-state index in [9.17, 15) is 0 Å². The lowest BCUT2D eigenvalue weighted by Gasteiger charge is -2.50. The zero-order valence-electron chi connectivity index (χ0n) is 24.7. The van der Waals surface area contributed by atoms with E-state index in [1.54, 1.807) is 0 Å². The molecule has 1 fully saturated rings. The first-order chi connectivity index (χ1) is 17.4. The standard InChI is InChI=1S/C33H48N2O2/c1-12-22(4)21-37-29-17-15-16-26(31(29)23(5)13-2)32-28-18-24(6)27(25(7)36-14-3)19-35(28)30(20-34(32)11)33(8,9)10/h15-19,22,30H,6-7,12-14,20-21H2,1-5,8-11H3/b31-23?,32-26-. The lowest BCUT2D eigenvalue weighted by molar-refractivity contribution is 0.128. The normalized spacial score (nSPS) is 21.1. The smallest absolute Gasteiger partial charge is 0.127 e. The highest BCUT2D eigenvalue weighted by molar-refractivity contribution is 5.70. The van der Waals surface area contributed by atoms with Crippen molar-refractivity contribution in [1.82, 2.24) is 9.80 Å². The topological polar surface area (TPSA) is 24.9 Å². The van der Waals surface area contributed by atoms with Crippen molar-refractivity contribution in [3.63, 3.8) is 0 Å². The maximum atomic E-state index is 6.44. The number of nitrogens with zero attached hydrogens (tertiary/aromatic N) is 2. The molecule has 4 heteroatoms. The average molecular weight is 505 g/mol. The second kappa shape index (κ2) is 11.7. The Bertz CT molecular complexity index is 1210. The van der Waals surface area contributed by atoms with Crippen LogP contribution in [0.15, 0.2) is 66.2 Å². The van der Waals surface area contributed by atoms with E-state index >= 15 is 0 Å². The average Bonchev–Trinajstić information content (AvgIpc) is 2.85. The van der Waals surface area contributed by atoms with Gasteiger partial charge in [0.05, 0.1) is 30.6 Å². The van der Waals surface area contributed by atoms with Gasteiger partial charge in [-0.15, -0.1) is 0 Å². The summed E-state index contributed by atoms with van der Waals surface area (Å²) in [5.41, 5.74) is 5.64. The van der Waals surface area contributed by atoms with Gasteiger partial charge >= 0.3 is 0 Å². The molecule has 0 N–H and O–H groups in total. The molecule has 2 heterocycles. The Kier molecular flexibility index (Phi) is 9.05. The molecule has 0 aromatic heterocycles. The largest absolute Gasteiger partial charge is 0.494 e. The molecule has 4 nitrogen and oxygen atoms in total. The van der Waals surface area contributed by atoms with Gasteiger partial charge in [0.15, 0.2) is 0 Å². The molecule has 1 saturated heterocycles. The summed E-state index contributed by atoms with van der Waals surface area (Å²) in [4.78, 5) is 4.85. The molecule has 2 atom stereocenters. The summed E-state index contributed by atoms with van der Waals surface area (Å²) >= 11 is 0. The van der Waals surface area contributed by atoms with Gasteiger partial charge in [-0.05, 0) is 49.3 Å². The molecule has 202 valence electrons. The van der Waals surface area contributed by atoms with E-state index in [4.69, 9.17) is 9.47 Å². The Morgan fingerprint density at radius 1 is 1.19 bits per heavy atom. The molecule has 1 aromatic carbocycles. The van der Waals surface area contributed by atoms with Gasteiger partial charge in [0.25, 0.3) is 0 Å². The predicted octanol–water partition coefficient (Wildman–Crippen LogP) is 6.35. The van der Waals surface area contributed by atoms with E-state index in [0.717, 1.165) is 48.6 Å². The van der Waals surface area contributed by atoms with Crippen molar-refractivity contribution < 1.29 is 9.47 Å². The molecule has 2 aliphatic rings. The third-order valence-electron chi connectivity index (χ3n) is 7.69. The van der Waals surface area contributed by atoms with Crippen molar-refractivity contribution in [3.05, 3.63) is 76.7 Å². The van der Waals surface area contributed by atoms with E-state index in [-0.39, 0.29) is 11.5 Å². The molecular weight excluding hydrogens is 456 g/mol. The third kappa shape index (κ3) is 6.00. The number of likely N-dealkylation sites (N-methyl/N-ethyl adjacent to an activating group) is 1. The number of hydrogen-bond donors (Lipinski definition) is 0. The van der Waals surface area contributed by atoms with E-state index < -0.39 is 0 Å². The Hall–Kier alpha value is -2.88. The van der Waals surface area contributed by atoms with Gasteiger partial charge in [-0.1, -0.05) is 78.8 Å². The molecule has 0 bridgehead atoms. The molecule has 0 radical (unpaired) electrons. The molecule has 0 aliphatic carbocycles. The highest BCUT2D eigenvalue weighted by Gasteiger charge is 2.40. The Morgan fingerprint density at radius 2 is 1.89 bits per heavy atom. The summed E-state index contributed by atoms with van der Waals surface area (Å²) in [7, 11) is 2.21. The second-order valence-corrected chi connectivity index (χ2v) is 11.6. The van der Waals surface area contributed by atoms with Crippen LogP contribution < -0.4 is 15.2 Å². The van der Waals surface area contributed by atoms with Gasteiger partial charge in [0.2, 0.25) is 0 Å². The maximum absolute atomic E-state index is 6.44. The molecule has 37 heavy (non-hydrogen) atoms.